The standard InChI is InChI=1S/C11H20O/c1-5-6-7-9(2)8-10(3)11(4)12/h8-9H,5-7H2,1-4H3/b10-8+. The average molecular weight is 168 g/mol. The summed E-state index contributed by atoms with van der Waals surface area (Å²) in [6.07, 6.45) is 5.76. The van der Waals surface area contributed by atoms with Crippen LogP contribution in [0.3, 0.4) is 0 Å². The summed E-state index contributed by atoms with van der Waals surface area (Å²) in [6.45, 7) is 7.87. The van der Waals surface area contributed by atoms with E-state index in [9.17, 15) is 4.79 Å². The smallest absolute Gasteiger partial charge is 0.155 e. The maximum Gasteiger partial charge on any atom is 0.155 e. The SMILES string of the molecule is CCCCC(C)/C=C(\C)C(C)=O. The second-order valence-corrected chi connectivity index (χ2v) is 3.53. The van der Waals surface area contributed by atoms with Crippen LogP contribution in [0.15, 0.2) is 11.6 Å². The van der Waals surface area contributed by atoms with Gasteiger partial charge in [-0.3, -0.25) is 4.79 Å². The molecule has 1 nitrogen and oxygen atoms in total. The molecule has 0 heterocycles. The van der Waals surface area contributed by atoms with Gasteiger partial charge in [-0.2, -0.15) is 0 Å². The summed E-state index contributed by atoms with van der Waals surface area (Å²) in [5, 5.41) is 0. The summed E-state index contributed by atoms with van der Waals surface area (Å²) in [5.41, 5.74) is 0.901. The number of Topliss-reactive ketones (excluding diaryl/α,β-unsaturated/α-hetero) is 1. The molecule has 12 heavy (non-hydrogen) atoms. The zero-order chi connectivity index (χ0) is 9.56. The van der Waals surface area contributed by atoms with Crippen molar-refractivity contribution in [1.82, 2.24) is 0 Å². The first-order valence-electron chi connectivity index (χ1n) is 4.77. The van der Waals surface area contributed by atoms with Gasteiger partial charge >= 0.3 is 0 Å². The van der Waals surface area contributed by atoms with Crippen LogP contribution in [0.5, 0.6) is 0 Å². The van der Waals surface area contributed by atoms with Crippen LogP contribution in [0.2, 0.25) is 0 Å². The maximum absolute atomic E-state index is 10.9. The van der Waals surface area contributed by atoms with E-state index >= 15 is 0 Å². The summed E-state index contributed by atoms with van der Waals surface area (Å²) >= 11 is 0. The van der Waals surface area contributed by atoms with E-state index in [-0.39, 0.29) is 5.78 Å². The van der Waals surface area contributed by atoms with Crippen molar-refractivity contribution in [3.63, 3.8) is 0 Å². The Labute approximate surface area is 75.9 Å². The van der Waals surface area contributed by atoms with Crippen LogP contribution in [0.1, 0.15) is 47.0 Å². The molecule has 1 heteroatoms. The van der Waals surface area contributed by atoms with Gasteiger partial charge < -0.3 is 0 Å². The summed E-state index contributed by atoms with van der Waals surface area (Å²) in [6, 6.07) is 0. The number of unbranched alkanes of at least 4 members (excludes halogenated alkanes) is 1. The van der Waals surface area contributed by atoms with Gasteiger partial charge in [-0.05, 0) is 31.8 Å². The van der Waals surface area contributed by atoms with Crippen LogP contribution >= 0.6 is 0 Å². The zero-order valence-electron chi connectivity index (χ0n) is 8.68. The first-order chi connectivity index (χ1) is 5.57. The van der Waals surface area contributed by atoms with Crippen LogP contribution in [-0.4, -0.2) is 5.78 Å². The summed E-state index contributed by atoms with van der Waals surface area (Å²) in [7, 11) is 0. The van der Waals surface area contributed by atoms with Gasteiger partial charge in [-0.15, -0.1) is 0 Å². The molecule has 0 saturated carbocycles. The van der Waals surface area contributed by atoms with Crippen molar-refractivity contribution in [3.05, 3.63) is 11.6 Å². The maximum atomic E-state index is 10.9. The summed E-state index contributed by atoms with van der Waals surface area (Å²) < 4.78 is 0. The second kappa shape index (κ2) is 5.99. The number of carbonyl (C=O) groups excluding carboxylic acids is 1. The minimum Gasteiger partial charge on any atom is -0.295 e. The average Bonchev–Trinajstić information content (AvgIpc) is 2.00. The molecule has 0 aliphatic rings. The number of carbonyl (C=O) groups is 1. The van der Waals surface area contributed by atoms with E-state index in [1.807, 2.05) is 6.92 Å². The second-order valence-electron chi connectivity index (χ2n) is 3.53. The van der Waals surface area contributed by atoms with E-state index in [2.05, 4.69) is 19.9 Å². The van der Waals surface area contributed by atoms with Crippen molar-refractivity contribution >= 4 is 5.78 Å². The van der Waals surface area contributed by atoms with Crippen LogP contribution in [-0.2, 0) is 4.79 Å². The third kappa shape index (κ3) is 5.11. The number of rotatable bonds is 5. The van der Waals surface area contributed by atoms with Gasteiger partial charge in [0.15, 0.2) is 5.78 Å². The van der Waals surface area contributed by atoms with Crippen molar-refractivity contribution in [3.8, 4) is 0 Å². The highest BCUT2D eigenvalue weighted by Gasteiger charge is 2.00. The van der Waals surface area contributed by atoms with Crippen LogP contribution < -0.4 is 0 Å². The molecule has 0 saturated heterocycles. The van der Waals surface area contributed by atoms with Crippen molar-refractivity contribution in [2.24, 2.45) is 5.92 Å². The van der Waals surface area contributed by atoms with Crippen LogP contribution in [0, 0.1) is 5.92 Å². The number of allylic oxidation sites excluding steroid dienone is 2. The van der Waals surface area contributed by atoms with Crippen molar-refractivity contribution in [2.45, 2.75) is 47.0 Å². The third-order valence-corrected chi connectivity index (χ3v) is 2.10. The number of ketones is 1. The molecule has 0 rings (SSSR count). The van der Waals surface area contributed by atoms with Crippen molar-refractivity contribution in [1.29, 1.82) is 0 Å². The third-order valence-electron chi connectivity index (χ3n) is 2.10. The molecule has 0 fully saturated rings. The lowest BCUT2D eigenvalue weighted by Crippen LogP contribution is -1.96. The van der Waals surface area contributed by atoms with Gasteiger partial charge in [0.1, 0.15) is 0 Å². The largest absolute Gasteiger partial charge is 0.295 e. The quantitative estimate of drug-likeness (QED) is 0.575. The molecule has 0 spiro atoms. The Balaban J connectivity index is 3.87. The molecule has 0 amide bonds. The topological polar surface area (TPSA) is 17.1 Å². The molecule has 0 N–H and O–H groups in total. The highest BCUT2D eigenvalue weighted by molar-refractivity contribution is 5.92. The van der Waals surface area contributed by atoms with E-state index < -0.39 is 0 Å². The molecule has 70 valence electrons. The first-order valence-corrected chi connectivity index (χ1v) is 4.77. The van der Waals surface area contributed by atoms with Gasteiger partial charge in [0.25, 0.3) is 0 Å². The van der Waals surface area contributed by atoms with Gasteiger partial charge in [0.05, 0.1) is 0 Å². The lowest BCUT2D eigenvalue weighted by atomic mass is 10.0. The monoisotopic (exact) mass is 168 g/mol. The molecule has 0 bridgehead atoms. The Kier molecular flexibility index (Phi) is 5.69. The molecular formula is C11H20O. The highest BCUT2D eigenvalue weighted by atomic mass is 16.1. The lowest BCUT2D eigenvalue weighted by Gasteiger charge is -2.05. The van der Waals surface area contributed by atoms with Crippen LogP contribution in [0.25, 0.3) is 0 Å². The van der Waals surface area contributed by atoms with Gasteiger partial charge in [-0.1, -0.05) is 32.8 Å². The Morgan fingerprint density at radius 3 is 2.42 bits per heavy atom. The van der Waals surface area contributed by atoms with Gasteiger partial charge in [0, 0.05) is 0 Å². The Morgan fingerprint density at radius 2 is 2.00 bits per heavy atom. The van der Waals surface area contributed by atoms with Crippen LogP contribution in [0.4, 0.5) is 0 Å². The van der Waals surface area contributed by atoms with E-state index in [0.29, 0.717) is 5.92 Å². The molecular weight excluding hydrogens is 148 g/mol. The van der Waals surface area contributed by atoms with Gasteiger partial charge in [-0.25, -0.2) is 0 Å². The van der Waals surface area contributed by atoms with Gasteiger partial charge in [0.2, 0.25) is 0 Å². The Hall–Kier alpha value is -0.590. The zero-order valence-corrected chi connectivity index (χ0v) is 8.68. The van der Waals surface area contributed by atoms with Crippen molar-refractivity contribution in [2.75, 3.05) is 0 Å². The minimum absolute atomic E-state index is 0.193. The molecule has 0 aliphatic carbocycles. The van der Waals surface area contributed by atoms with E-state index in [1.165, 1.54) is 19.3 Å². The normalized spacial score (nSPS) is 14.5. The number of hydrogen-bond donors (Lipinski definition) is 0. The lowest BCUT2D eigenvalue weighted by molar-refractivity contribution is -0.113. The minimum atomic E-state index is 0.193. The molecule has 1 atom stereocenters. The van der Waals surface area contributed by atoms with Crippen molar-refractivity contribution < 1.29 is 4.79 Å². The fourth-order valence-corrected chi connectivity index (χ4v) is 1.15. The predicted octanol–water partition coefficient (Wildman–Crippen LogP) is 3.35. The first kappa shape index (κ1) is 11.4. The summed E-state index contributed by atoms with van der Waals surface area (Å²) in [4.78, 5) is 10.9. The Bertz CT molecular complexity index is 168. The molecule has 0 aromatic rings. The molecule has 0 radical (unpaired) electrons. The molecule has 1 unspecified atom stereocenters. The number of hydrogen-bond acceptors (Lipinski definition) is 1. The Morgan fingerprint density at radius 1 is 1.42 bits per heavy atom. The predicted molar refractivity (Wildman–Crippen MR) is 53.1 cm³/mol. The van der Waals surface area contributed by atoms with E-state index in [1.54, 1.807) is 6.92 Å². The fraction of sp³-hybridized carbons (Fsp3) is 0.727. The fourth-order valence-electron chi connectivity index (χ4n) is 1.15. The molecule has 0 aliphatic heterocycles. The van der Waals surface area contributed by atoms with E-state index in [0.717, 1.165) is 5.57 Å². The highest BCUT2D eigenvalue weighted by Crippen LogP contribution is 2.11. The molecule has 0 aromatic carbocycles. The van der Waals surface area contributed by atoms with E-state index in [4.69, 9.17) is 0 Å². The molecule has 0 aromatic heterocycles. The summed E-state index contributed by atoms with van der Waals surface area (Å²) in [5.74, 6) is 0.743.